The second-order valence-electron chi connectivity index (χ2n) is 3.75. The molecule has 2 aromatic rings. The Morgan fingerprint density at radius 1 is 1.53 bits per heavy atom. The summed E-state index contributed by atoms with van der Waals surface area (Å²) >= 11 is 1.61. The number of rotatable bonds is 5. The number of methoxy groups -OCH3 is 1. The van der Waals surface area contributed by atoms with E-state index in [0.717, 1.165) is 11.4 Å². The molecule has 0 spiro atoms. The van der Waals surface area contributed by atoms with Gasteiger partial charge in [-0.15, -0.1) is 11.3 Å². The molecule has 0 atom stereocenters. The van der Waals surface area contributed by atoms with Crippen LogP contribution in [0.15, 0.2) is 23.8 Å². The number of thiazole rings is 1. The number of hydrogen-bond acceptors (Lipinski definition) is 7. The lowest BCUT2D eigenvalue weighted by Gasteiger charge is -2.08. The van der Waals surface area contributed by atoms with Crippen LogP contribution in [0.5, 0.6) is 0 Å². The van der Waals surface area contributed by atoms with Gasteiger partial charge in [0.1, 0.15) is 5.82 Å². The molecule has 0 aromatic carbocycles. The van der Waals surface area contributed by atoms with Crippen molar-refractivity contribution in [3.63, 3.8) is 0 Å². The minimum Gasteiger partial charge on any atom is -0.465 e. The second kappa shape index (κ2) is 6.14. The van der Waals surface area contributed by atoms with Gasteiger partial charge in [0.05, 0.1) is 29.6 Å². The molecule has 0 fully saturated rings. The molecular formula is C12H14N4O2S. The summed E-state index contributed by atoms with van der Waals surface area (Å²) in [5.74, 6) is 0.119. The van der Waals surface area contributed by atoms with Crippen molar-refractivity contribution in [2.24, 2.45) is 0 Å². The molecule has 7 heteroatoms. The van der Waals surface area contributed by atoms with Crippen LogP contribution < -0.4 is 11.1 Å². The lowest BCUT2D eigenvalue weighted by atomic mass is 10.2. The largest absolute Gasteiger partial charge is 0.465 e. The number of nitrogens with zero attached hydrogens (tertiary/aromatic N) is 2. The highest BCUT2D eigenvalue weighted by atomic mass is 32.1. The van der Waals surface area contributed by atoms with Crippen LogP contribution in [-0.4, -0.2) is 29.6 Å². The molecule has 0 radical (unpaired) electrons. The quantitative estimate of drug-likeness (QED) is 0.807. The fourth-order valence-electron chi connectivity index (χ4n) is 1.52. The maximum absolute atomic E-state index is 11.5. The van der Waals surface area contributed by atoms with E-state index in [0.29, 0.717) is 23.6 Å². The van der Waals surface area contributed by atoms with Crippen molar-refractivity contribution in [1.29, 1.82) is 0 Å². The fraction of sp³-hybridized carbons (Fsp3) is 0.250. The number of esters is 1. The van der Waals surface area contributed by atoms with Gasteiger partial charge in [0.25, 0.3) is 0 Å². The molecule has 0 saturated heterocycles. The molecule has 0 saturated carbocycles. The minimum atomic E-state index is -0.470. The van der Waals surface area contributed by atoms with E-state index in [-0.39, 0.29) is 0 Å². The van der Waals surface area contributed by atoms with Gasteiger partial charge in [-0.3, -0.25) is 0 Å². The third-order valence-electron chi connectivity index (χ3n) is 2.47. The summed E-state index contributed by atoms with van der Waals surface area (Å²) in [7, 11) is 1.32. The van der Waals surface area contributed by atoms with Gasteiger partial charge in [-0.1, -0.05) is 0 Å². The van der Waals surface area contributed by atoms with Crippen molar-refractivity contribution in [3.8, 4) is 0 Å². The third kappa shape index (κ3) is 3.41. The lowest BCUT2D eigenvalue weighted by molar-refractivity contribution is 0.0602. The van der Waals surface area contributed by atoms with Crippen LogP contribution in [0.25, 0.3) is 0 Å². The highest BCUT2D eigenvalue weighted by Crippen LogP contribution is 2.16. The van der Waals surface area contributed by atoms with Crippen LogP contribution in [0.2, 0.25) is 0 Å². The number of hydrogen-bond donors (Lipinski definition) is 2. The van der Waals surface area contributed by atoms with E-state index >= 15 is 0 Å². The summed E-state index contributed by atoms with van der Waals surface area (Å²) in [5.41, 5.74) is 6.29. The third-order valence-corrected chi connectivity index (χ3v) is 3.31. The van der Waals surface area contributed by atoms with Crippen molar-refractivity contribution in [2.45, 2.75) is 6.42 Å². The number of carbonyl (C=O) groups is 1. The van der Waals surface area contributed by atoms with E-state index in [2.05, 4.69) is 20.0 Å². The molecule has 0 unspecified atom stereocenters. The molecule has 19 heavy (non-hydrogen) atoms. The average Bonchev–Trinajstić information content (AvgIpc) is 2.93. The predicted octanol–water partition coefficient (Wildman–Crippen LogP) is 1.56. The first-order valence-corrected chi connectivity index (χ1v) is 6.54. The SMILES string of the molecule is COC(=O)c1cc(NCCc2nccs2)ncc1N. The first kappa shape index (κ1) is 13.3. The molecule has 2 aromatic heterocycles. The van der Waals surface area contributed by atoms with Crippen molar-refractivity contribution < 1.29 is 9.53 Å². The Bertz CT molecular complexity index is 557. The Balaban J connectivity index is 1.99. The zero-order valence-corrected chi connectivity index (χ0v) is 11.2. The highest BCUT2D eigenvalue weighted by molar-refractivity contribution is 7.09. The average molecular weight is 278 g/mol. The summed E-state index contributed by atoms with van der Waals surface area (Å²) < 4.78 is 4.65. The van der Waals surface area contributed by atoms with Crippen LogP contribution in [0, 0.1) is 0 Å². The Morgan fingerprint density at radius 2 is 2.37 bits per heavy atom. The molecule has 6 nitrogen and oxygen atoms in total. The number of nitrogens with two attached hydrogens (primary N) is 1. The topological polar surface area (TPSA) is 90.1 Å². The smallest absolute Gasteiger partial charge is 0.340 e. The Kier molecular flexibility index (Phi) is 4.30. The molecule has 0 aliphatic rings. The van der Waals surface area contributed by atoms with Gasteiger partial charge in [-0.25, -0.2) is 14.8 Å². The number of pyridine rings is 1. The summed E-state index contributed by atoms with van der Waals surface area (Å²) in [4.78, 5) is 19.8. The number of nitrogens with one attached hydrogen (secondary N) is 1. The van der Waals surface area contributed by atoms with Crippen molar-refractivity contribution >= 4 is 28.8 Å². The first-order valence-electron chi connectivity index (χ1n) is 5.67. The number of carbonyl (C=O) groups excluding carboxylic acids is 1. The molecule has 0 amide bonds. The molecule has 0 aliphatic heterocycles. The zero-order valence-electron chi connectivity index (χ0n) is 10.4. The van der Waals surface area contributed by atoms with Crippen LogP contribution in [0.1, 0.15) is 15.4 Å². The van der Waals surface area contributed by atoms with Crippen LogP contribution >= 0.6 is 11.3 Å². The van der Waals surface area contributed by atoms with E-state index in [9.17, 15) is 4.79 Å². The van der Waals surface area contributed by atoms with E-state index in [4.69, 9.17) is 5.73 Å². The molecule has 100 valence electrons. The Hall–Kier alpha value is -2.15. The van der Waals surface area contributed by atoms with Gasteiger partial charge < -0.3 is 15.8 Å². The normalized spacial score (nSPS) is 10.2. The van der Waals surface area contributed by atoms with Crippen LogP contribution in [0.3, 0.4) is 0 Å². The van der Waals surface area contributed by atoms with Gasteiger partial charge >= 0.3 is 5.97 Å². The molecule has 0 aliphatic carbocycles. The van der Waals surface area contributed by atoms with Crippen molar-refractivity contribution in [1.82, 2.24) is 9.97 Å². The summed E-state index contributed by atoms with van der Waals surface area (Å²) in [5, 5.41) is 6.11. The van der Waals surface area contributed by atoms with Crippen LogP contribution in [0.4, 0.5) is 11.5 Å². The lowest BCUT2D eigenvalue weighted by Crippen LogP contribution is -2.10. The zero-order chi connectivity index (χ0) is 13.7. The minimum absolute atomic E-state index is 0.303. The Morgan fingerprint density at radius 3 is 3.05 bits per heavy atom. The predicted molar refractivity (Wildman–Crippen MR) is 74.3 cm³/mol. The first-order chi connectivity index (χ1) is 9.20. The van der Waals surface area contributed by atoms with E-state index in [1.54, 1.807) is 23.6 Å². The second-order valence-corrected chi connectivity index (χ2v) is 4.73. The van der Waals surface area contributed by atoms with E-state index < -0.39 is 5.97 Å². The standard InChI is InChI=1S/C12H14N4O2S/c1-18-12(17)8-6-10(16-7-9(8)13)14-3-2-11-15-4-5-19-11/h4-7H,2-3,13H2,1H3,(H,14,16). The maximum atomic E-state index is 11.5. The van der Waals surface area contributed by atoms with Crippen LogP contribution in [-0.2, 0) is 11.2 Å². The monoisotopic (exact) mass is 278 g/mol. The van der Waals surface area contributed by atoms with E-state index in [1.807, 2.05) is 5.38 Å². The number of anilines is 2. The molecule has 2 rings (SSSR count). The molecule has 2 heterocycles. The van der Waals surface area contributed by atoms with Gasteiger partial charge in [0, 0.05) is 24.5 Å². The molecule has 0 bridgehead atoms. The van der Waals surface area contributed by atoms with E-state index in [1.165, 1.54) is 13.3 Å². The number of ether oxygens (including phenoxy) is 1. The van der Waals surface area contributed by atoms with Crippen molar-refractivity contribution in [3.05, 3.63) is 34.4 Å². The number of nitrogen functional groups attached to an aromatic ring is 1. The summed E-state index contributed by atoms with van der Waals surface area (Å²) in [6.45, 7) is 0.686. The molecule has 3 N–H and O–H groups in total. The van der Waals surface area contributed by atoms with Gasteiger partial charge in [0.15, 0.2) is 0 Å². The summed E-state index contributed by atoms with van der Waals surface area (Å²) in [6, 6.07) is 1.59. The van der Waals surface area contributed by atoms with Crippen molar-refractivity contribution in [2.75, 3.05) is 24.7 Å². The summed E-state index contributed by atoms with van der Waals surface area (Å²) in [6.07, 6.45) is 4.02. The Labute approximate surface area is 114 Å². The highest BCUT2D eigenvalue weighted by Gasteiger charge is 2.11. The fourth-order valence-corrected chi connectivity index (χ4v) is 2.14. The van der Waals surface area contributed by atoms with Gasteiger partial charge in [-0.2, -0.15) is 0 Å². The van der Waals surface area contributed by atoms with Gasteiger partial charge in [0.2, 0.25) is 0 Å². The van der Waals surface area contributed by atoms with Gasteiger partial charge in [-0.05, 0) is 6.07 Å². The maximum Gasteiger partial charge on any atom is 0.340 e. The number of aromatic nitrogens is 2. The molecular weight excluding hydrogens is 264 g/mol.